The molecule has 27 heavy (non-hydrogen) atoms. The maximum absolute atomic E-state index is 6.28. The van der Waals surface area contributed by atoms with Crippen LogP contribution < -0.4 is 0 Å². The second-order valence-electron chi connectivity index (χ2n) is 9.99. The quantitative estimate of drug-likeness (QED) is 0.390. The van der Waals surface area contributed by atoms with E-state index < -0.39 is 0 Å². The first-order valence-electron chi connectivity index (χ1n) is 12.5. The van der Waals surface area contributed by atoms with Crippen molar-refractivity contribution < 1.29 is 9.47 Å². The molecule has 1 saturated heterocycles. The number of rotatable bonds is 9. The molecule has 0 atom stereocenters. The summed E-state index contributed by atoms with van der Waals surface area (Å²) < 4.78 is 12.6. The Kier molecular flexibility index (Phi) is 9.46. The lowest BCUT2D eigenvalue weighted by atomic mass is 9.74. The monoisotopic (exact) mass is 378 g/mol. The van der Waals surface area contributed by atoms with Gasteiger partial charge in [-0.05, 0) is 56.3 Å². The minimum atomic E-state index is 0.110. The van der Waals surface area contributed by atoms with Gasteiger partial charge in [0.2, 0.25) is 0 Å². The Morgan fingerprint density at radius 1 is 0.556 bits per heavy atom. The van der Waals surface area contributed by atoms with Crippen molar-refractivity contribution in [3.05, 3.63) is 0 Å². The van der Waals surface area contributed by atoms with E-state index in [1.165, 1.54) is 96.3 Å². The van der Waals surface area contributed by atoms with Crippen LogP contribution in [0.2, 0.25) is 0 Å². The number of hydrogen-bond donors (Lipinski definition) is 0. The zero-order valence-corrected chi connectivity index (χ0v) is 18.3. The number of ether oxygens (including phenoxy) is 2. The molecule has 3 fully saturated rings. The molecule has 158 valence electrons. The summed E-state index contributed by atoms with van der Waals surface area (Å²) in [5.41, 5.74) is 0. The summed E-state index contributed by atoms with van der Waals surface area (Å²) in [6, 6.07) is 0. The molecule has 0 aromatic heterocycles. The van der Waals surface area contributed by atoms with E-state index in [-0.39, 0.29) is 6.29 Å². The molecular formula is C25H46O2. The Balaban J connectivity index is 1.31. The Bertz CT molecular complexity index is 372. The van der Waals surface area contributed by atoms with Crippen LogP contribution in [0.1, 0.15) is 110 Å². The summed E-state index contributed by atoms with van der Waals surface area (Å²) in [5.74, 6) is 4.17. The molecule has 1 aliphatic heterocycles. The maximum atomic E-state index is 6.28. The van der Waals surface area contributed by atoms with Crippen LogP contribution in [0.5, 0.6) is 0 Å². The zero-order valence-electron chi connectivity index (χ0n) is 18.3. The molecule has 3 rings (SSSR count). The van der Waals surface area contributed by atoms with Crippen LogP contribution in [0.25, 0.3) is 0 Å². The van der Waals surface area contributed by atoms with E-state index in [0.717, 1.165) is 31.0 Å². The van der Waals surface area contributed by atoms with Gasteiger partial charge in [-0.15, -0.1) is 0 Å². The van der Waals surface area contributed by atoms with E-state index in [1.807, 2.05) is 0 Å². The molecule has 3 aliphatic rings. The summed E-state index contributed by atoms with van der Waals surface area (Å²) in [6.45, 7) is 6.55. The Hall–Kier alpha value is -0.0800. The molecule has 1 heterocycles. The first-order chi connectivity index (χ1) is 13.3. The predicted octanol–water partition coefficient (Wildman–Crippen LogP) is 7.36. The fourth-order valence-electron chi connectivity index (χ4n) is 5.95. The first kappa shape index (κ1) is 21.6. The third kappa shape index (κ3) is 6.74. The highest BCUT2D eigenvalue weighted by molar-refractivity contribution is 4.82. The van der Waals surface area contributed by atoms with E-state index in [2.05, 4.69) is 13.8 Å². The fourth-order valence-corrected chi connectivity index (χ4v) is 5.95. The maximum Gasteiger partial charge on any atom is 0.160 e. The van der Waals surface area contributed by atoms with Gasteiger partial charge in [-0.3, -0.25) is 0 Å². The average Bonchev–Trinajstić information content (AvgIpc) is 2.73. The zero-order chi connectivity index (χ0) is 18.9. The number of unbranched alkanes of at least 4 members (excludes halogenated alkanes) is 3. The van der Waals surface area contributed by atoms with Gasteiger partial charge >= 0.3 is 0 Å². The van der Waals surface area contributed by atoms with E-state index in [4.69, 9.17) is 9.47 Å². The Morgan fingerprint density at radius 2 is 1.07 bits per heavy atom. The van der Waals surface area contributed by atoms with Crippen molar-refractivity contribution in [2.75, 3.05) is 13.2 Å². The molecule has 0 radical (unpaired) electrons. The molecular weight excluding hydrogens is 332 g/mol. The van der Waals surface area contributed by atoms with Crippen molar-refractivity contribution in [1.29, 1.82) is 0 Å². The predicted molar refractivity (Wildman–Crippen MR) is 114 cm³/mol. The van der Waals surface area contributed by atoms with Gasteiger partial charge in [0.1, 0.15) is 0 Å². The molecule has 2 heteroatoms. The highest BCUT2D eigenvalue weighted by Crippen LogP contribution is 2.40. The smallest absolute Gasteiger partial charge is 0.160 e. The second kappa shape index (κ2) is 11.8. The summed E-state index contributed by atoms with van der Waals surface area (Å²) in [4.78, 5) is 0. The van der Waals surface area contributed by atoms with E-state index >= 15 is 0 Å². The van der Waals surface area contributed by atoms with Gasteiger partial charge in [-0.25, -0.2) is 0 Å². The number of hydrogen-bond acceptors (Lipinski definition) is 2. The van der Waals surface area contributed by atoms with Gasteiger partial charge in [0, 0.05) is 11.8 Å². The normalized spacial score (nSPS) is 38.0. The van der Waals surface area contributed by atoms with Gasteiger partial charge in [0.05, 0.1) is 13.2 Å². The van der Waals surface area contributed by atoms with Crippen LogP contribution >= 0.6 is 0 Å². The minimum Gasteiger partial charge on any atom is -0.352 e. The van der Waals surface area contributed by atoms with E-state index in [1.54, 1.807) is 0 Å². The van der Waals surface area contributed by atoms with Crippen LogP contribution in [0.4, 0.5) is 0 Å². The van der Waals surface area contributed by atoms with Crippen LogP contribution in [0, 0.1) is 29.6 Å². The molecule has 0 spiro atoms. The third-order valence-corrected chi connectivity index (χ3v) is 7.97. The van der Waals surface area contributed by atoms with Crippen LogP contribution in [-0.2, 0) is 9.47 Å². The SMILES string of the molecule is CCCCCC1CCC(C2COC(C3CCC(CCCC)CC3)OC2)CC1. The molecule has 2 saturated carbocycles. The Labute approximate surface area is 169 Å². The van der Waals surface area contributed by atoms with E-state index in [9.17, 15) is 0 Å². The molecule has 0 bridgehead atoms. The van der Waals surface area contributed by atoms with Gasteiger partial charge in [0.15, 0.2) is 6.29 Å². The molecule has 0 N–H and O–H groups in total. The van der Waals surface area contributed by atoms with Crippen molar-refractivity contribution in [1.82, 2.24) is 0 Å². The molecule has 0 aromatic rings. The van der Waals surface area contributed by atoms with Crippen LogP contribution in [0.3, 0.4) is 0 Å². The van der Waals surface area contributed by atoms with E-state index in [0.29, 0.717) is 11.8 Å². The topological polar surface area (TPSA) is 18.5 Å². The summed E-state index contributed by atoms with van der Waals surface area (Å²) in [6.07, 6.45) is 21.2. The summed E-state index contributed by atoms with van der Waals surface area (Å²) >= 11 is 0. The summed E-state index contributed by atoms with van der Waals surface area (Å²) in [7, 11) is 0. The molecule has 2 aliphatic carbocycles. The largest absolute Gasteiger partial charge is 0.352 e. The Morgan fingerprint density at radius 3 is 1.63 bits per heavy atom. The van der Waals surface area contributed by atoms with Gasteiger partial charge in [-0.1, -0.05) is 71.6 Å². The molecule has 0 unspecified atom stereocenters. The van der Waals surface area contributed by atoms with Gasteiger partial charge in [0.25, 0.3) is 0 Å². The van der Waals surface area contributed by atoms with Gasteiger partial charge in [-0.2, -0.15) is 0 Å². The van der Waals surface area contributed by atoms with Crippen molar-refractivity contribution in [3.63, 3.8) is 0 Å². The second-order valence-corrected chi connectivity index (χ2v) is 9.99. The highest BCUT2D eigenvalue weighted by atomic mass is 16.7. The highest BCUT2D eigenvalue weighted by Gasteiger charge is 2.35. The third-order valence-electron chi connectivity index (χ3n) is 7.97. The molecule has 0 aromatic carbocycles. The van der Waals surface area contributed by atoms with Crippen molar-refractivity contribution >= 4 is 0 Å². The lowest BCUT2D eigenvalue weighted by Crippen LogP contribution is -2.41. The lowest BCUT2D eigenvalue weighted by Gasteiger charge is -2.41. The first-order valence-corrected chi connectivity index (χ1v) is 12.5. The molecule has 2 nitrogen and oxygen atoms in total. The fraction of sp³-hybridized carbons (Fsp3) is 1.00. The molecule has 0 amide bonds. The summed E-state index contributed by atoms with van der Waals surface area (Å²) in [5, 5.41) is 0. The van der Waals surface area contributed by atoms with Crippen LogP contribution in [0.15, 0.2) is 0 Å². The van der Waals surface area contributed by atoms with Gasteiger partial charge < -0.3 is 9.47 Å². The van der Waals surface area contributed by atoms with Crippen LogP contribution in [-0.4, -0.2) is 19.5 Å². The van der Waals surface area contributed by atoms with Crippen molar-refractivity contribution in [2.45, 2.75) is 116 Å². The minimum absolute atomic E-state index is 0.110. The van der Waals surface area contributed by atoms with Crippen molar-refractivity contribution in [3.8, 4) is 0 Å². The van der Waals surface area contributed by atoms with Crippen molar-refractivity contribution in [2.24, 2.45) is 29.6 Å². The lowest BCUT2D eigenvalue weighted by molar-refractivity contribution is -0.237. The average molecular weight is 379 g/mol. The standard InChI is InChI=1S/C25H46O2/c1-3-5-7-9-21-10-14-22(15-11-21)24-18-26-25(27-19-24)23-16-12-20(13-17-23)8-6-4-2/h20-25H,3-19H2,1-2H3.